The summed E-state index contributed by atoms with van der Waals surface area (Å²) in [6.45, 7) is 16.8. The summed E-state index contributed by atoms with van der Waals surface area (Å²) in [5.74, 6) is 4.08. The molecule has 0 aliphatic heterocycles. The number of aliphatic hydroxyl groups is 1. The first-order valence-electron chi connectivity index (χ1n) is 13.6. The van der Waals surface area contributed by atoms with Gasteiger partial charge in [-0.1, -0.05) is 39.7 Å². The van der Waals surface area contributed by atoms with Crippen LogP contribution in [0.1, 0.15) is 66.4 Å². The number of ether oxygens (including phenoxy) is 3. The van der Waals surface area contributed by atoms with E-state index in [-0.39, 0.29) is 23.8 Å². The molecule has 7 heteroatoms. The van der Waals surface area contributed by atoms with Crippen molar-refractivity contribution in [1.82, 2.24) is 5.32 Å². The van der Waals surface area contributed by atoms with Crippen molar-refractivity contribution in [2.45, 2.75) is 84.9 Å². The van der Waals surface area contributed by atoms with Crippen molar-refractivity contribution in [2.24, 2.45) is 28.7 Å². The van der Waals surface area contributed by atoms with Crippen LogP contribution in [0.2, 0.25) is 0 Å². The normalized spacial score (nSPS) is 14.9. The van der Waals surface area contributed by atoms with Gasteiger partial charge in [0, 0.05) is 26.1 Å². The number of rotatable bonds is 18. The molecule has 0 unspecified atom stereocenters. The lowest BCUT2D eigenvalue weighted by Gasteiger charge is -2.31. The van der Waals surface area contributed by atoms with Crippen molar-refractivity contribution in [2.75, 3.05) is 27.4 Å². The summed E-state index contributed by atoms with van der Waals surface area (Å²) < 4.78 is 16.5. The van der Waals surface area contributed by atoms with Crippen molar-refractivity contribution >= 4 is 12.6 Å². The molecule has 1 aromatic carbocycles. The van der Waals surface area contributed by atoms with Gasteiger partial charge in [0.25, 0.3) is 0 Å². The quantitative estimate of drug-likeness (QED) is 0.160. The summed E-state index contributed by atoms with van der Waals surface area (Å²) >= 11 is 0. The van der Waals surface area contributed by atoms with Gasteiger partial charge in [-0.3, -0.25) is 9.79 Å². The highest BCUT2D eigenvalue weighted by atomic mass is 16.5. The standard InChI is InChI=1S/C31H50N2O5/c1-11-31(6,7)33-30(35)25(22(4)5)20-27(34)26(32-8)19-24(21(2)3)17-23-13-14-28(37-10)29(18-23)38-16-12-15-36-9/h1,13-14,18,21-22,24-27,34H,8,12,15-17,19-20H2,2-7,9-10H3,(H,33,35)/t24-,25-,26-,27-/m0/s1. The first-order chi connectivity index (χ1) is 17.9. The van der Waals surface area contributed by atoms with Gasteiger partial charge in [-0.2, -0.15) is 0 Å². The number of nitrogens with one attached hydrogen (secondary N) is 1. The van der Waals surface area contributed by atoms with E-state index in [0.29, 0.717) is 43.5 Å². The van der Waals surface area contributed by atoms with Gasteiger partial charge in [-0.15, -0.1) is 6.42 Å². The van der Waals surface area contributed by atoms with Gasteiger partial charge in [0.05, 0.1) is 31.4 Å². The Morgan fingerprint density at radius 2 is 1.82 bits per heavy atom. The molecule has 1 aromatic rings. The Hall–Kier alpha value is -2.56. The number of methoxy groups -OCH3 is 2. The number of hydrogen-bond acceptors (Lipinski definition) is 6. The molecular weight excluding hydrogens is 480 g/mol. The average molecular weight is 531 g/mol. The van der Waals surface area contributed by atoms with Crippen molar-refractivity contribution in [3.05, 3.63) is 23.8 Å². The first-order valence-corrected chi connectivity index (χ1v) is 13.6. The molecule has 1 rings (SSSR count). The van der Waals surface area contributed by atoms with Gasteiger partial charge >= 0.3 is 0 Å². The van der Waals surface area contributed by atoms with Crippen LogP contribution in [0.3, 0.4) is 0 Å². The van der Waals surface area contributed by atoms with Crippen LogP contribution in [0.25, 0.3) is 0 Å². The highest BCUT2D eigenvalue weighted by Crippen LogP contribution is 2.32. The van der Waals surface area contributed by atoms with Crippen LogP contribution in [0.15, 0.2) is 23.2 Å². The molecule has 214 valence electrons. The van der Waals surface area contributed by atoms with Gasteiger partial charge in [-0.05, 0) is 75.3 Å². The molecule has 0 bridgehead atoms. The van der Waals surface area contributed by atoms with E-state index < -0.39 is 17.6 Å². The van der Waals surface area contributed by atoms with Crippen LogP contribution < -0.4 is 14.8 Å². The molecule has 0 aliphatic carbocycles. The Balaban J connectivity index is 2.99. The minimum atomic E-state index is -0.795. The number of carbonyl (C=O) groups is 1. The van der Waals surface area contributed by atoms with Crippen LogP contribution >= 0.6 is 0 Å². The molecule has 0 saturated heterocycles. The van der Waals surface area contributed by atoms with Crippen LogP contribution in [0.5, 0.6) is 11.5 Å². The molecule has 0 spiro atoms. The van der Waals surface area contributed by atoms with Gasteiger partial charge in [0.15, 0.2) is 11.5 Å². The molecule has 2 N–H and O–H groups in total. The molecule has 0 fully saturated rings. The molecule has 0 aromatic heterocycles. The molecule has 0 radical (unpaired) electrons. The fraction of sp³-hybridized carbons (Fsp3) is 0.677. The summed E-state index contributed by atoms with van der Waals surface area (Å²) in [6, 6.07) is 5.62. The lowest BCUT2D eigenvalue weighted by molar-refractivity contribution is -0.128. The summed E-state index contributed by atoms with van der Waals surface area (Å²) in [7, 11) is 3.31. The third-order valence-electron chi connectivity index (χ3n) is 7.08. The molecule has 4 atom stereocenters. The topological polar surface area (TPSA) is 89.4 Å². The molecule has 0 aliphatic rings. The molecule has 38 heavy (non-hydrogen) atoms. The Morgan fingerprint density at radius 3 is 2.34 bits per heavy atom. The largest absolute Gasteiger partial charge is 0.493 e. The van der Waals surface area contributed by atoms with Gasteiger partial charge in [0.1, 0.15) is 0 Å². The van der Waals surface area contributed by atoms with Gasteiger partial charge in [-0.25, -0.2) is 0 Å². The van der Waals surface area contributed by atoms with Crippen LogP contribution in [-0.2, 0) is 16.0 Å². The fourth-order valence-corrected chi connectivity index (χ4v) is 4.44. The van der Waals surface area contributed by atoms with E-state index in [4.69, 9.17) is 20.6 Å². The van der Waals surface area contributed by atoms with Crippen molar-refractivity contribution in [3.8, 4) is 23.8 Å². The Labute approximate surface area is 230 Å². The maximum atomic E-state index is 13.0. The Morgan fingerprint density at radius 1 is 1.13 bits per heavy atom. The zero-order valence-electron chi connectivity index (χ0n) is 24.8. The van der Waals surface area contributed by atoms with Crippen molar-refractivity contribution in [1.29, 1.82) is 0 Å². The minimum Gasteiger partial charge on any atom is -0.493 e. The van der Waals surface area contributed by atoms with Crippen molar-refractivity contribution in [3.63, 3.8) is 0 Å². The number of carbonyl (C=O) groups excluding carboxylic acids is 1. The molecular formula is C31H50N2O5. The van der Waals surface area contributed by atoms with Gasteiger partial charge < -0.3 is 24.6 Å². The van der Waals surface area contributed by atoms with E-state index >= 15 is 0 Å². The summed E-state index contributed by atoms with van der Waals surface area (Å²) in [5, 5.41) is 14.1. The molecule has 0 heterocycles. The molecule has 0 saturated carbocycles. The Kier molecular flexibility index (Phi) is 14.5. The minimum absolute atomic E-state index is 0.0335. The number of nitrogens with zero attached hydrogens (tertiary/aromatic N) is 1. The highest BCUT2D eigenvalue weighted by molar-refractivity contribution is 5.80. The smallest absolute Gasteiger partial charge is 0.224 e. The van der Waals surface area contributed by atoms with Crippen LogP contribution in [0.4, 0.5) is 0 Å². The number of amides is 1. The van der Waals surface area contributed by atoms with Crippen molar-refractivity contribution < 1.29 is 24.1 Å². The number of aliphatic hydroxyl groups excluding tert-OH is 1. The lowest BCUT2D eigenvalue weighted by atomic mass is 9.80. The zero-order valence-corrected chi connectivity index (χ0v) is 24.8. The second kappa shape index (κ2) is 16.4. The van der Waals surface area contributed by atoms with E-state index in [0.717, 1.165) is 18.4 Å². The maximum absolute atomic E-state index is 13.0. The number of aliphatic imine (C=N–C) groups is 1. The predicted octanol–water partition coefficient (Wildman–Crippen LogP) is 4.94. The number of terminal acetylenes is 1. The second-order valence-corrected chi connectivity index (χ2v) is 11.3. The third-order valence-corrected chi connectivity index (χ3v) is 7.08. The van der Waals surface area contributed by atoms with E-state index in [2.05, 4.69) is 42.9 Å². The van der Waals surface area contributed by atoms with E-state index in [9.17, 15) is 9.90 Å². The lowest BCUT2D eigenvalue weighted by Crippen LogP contribution is -2.47. The molecule has 7 nitrogen and oxygen atoms in total. The predicted molar refractivity (Wildman–Crippen MR) is 155 cm³/mol. The first kappa shape index (κ1) is 33.5. The third kappa shape index (κ3) is 11.0. The average Bonchev–Trinajstić information content (AvgIpc) is 2.86. The second-order valence-electron chi connectivity index (χ2n) is 11.3. The van der Waals surface area contributed by atoms with Gasteiger partial charge in [0.2, 0.25) is 5.91 Å². The molecule has 1 amide bonds. The maximum Gasteiger partial charge on any atom is 0.224 e. The highest BCUT2D eigenvalue weighted by Gasteiger charge is 2.32. The number of hydrogen-bond donors (Lipinski definition) is 2. The SMILES string of the molecule is C#CC(C)(C)NC(=O)[C@@H](C[C@H](O)[C@H](C[C@H](Cc1ccc(OC)c(OCCCOC)c1)C(C)C)N=C)C(C)C. The Bertz CT molecular complexity index is 906. The summed E-state index contributed by atoms with van der Waals surface area (Å²) in [4.78, 5) is 17.3. The van der Waals surface area contributed by atoms with Crippen LogP contribution in [0, 0.1) is 36.0 Å². The zero-order chi connectivity index (χ0) is 28.9. The fourth-order valence-electron chi connectivity index (χ4n) is 4.44. The summed E-state index contributed by atoms with van der Waals surface area (Å²) in [6.07, 6.45) is 7.28. The van der Waals surface area contributed by atoms with E-state index in [1.165, 1.54) is 0 Å². The van der Waals surface area contributed by atoms with E-state index in [1.54, 1.807) is 28.1 Å². The summed E-state index contributed by atoms with van der Waals surface area (Å²) in [5.41, 5.74) is 0.373. The van der Waals surface area contributed by atoms with E-state index in [1.807, 2.05) is 26.0 Å². The number of benzene rings is 1. The monoisotopic (exact) mass is 530 g/mol. The van der Waals surface area contributed by atoms with Crippen LogP contribution in [-0.4, -0.2) is 62.8 Å².